The number of nitrogens with two attached hydrogens (primary N) is 1. The van der Waals surface area contributed by atoms with Gasteiger partial charge < -0.3 is 126 Å². The van der Waals surface area contributed by atoms with Crippen molar-refractivity contribution < 1.29 is 122 Å². The number of nitrogens with one attached hydrogen (secondary N) is 17. The molecule has 0 radical (unpaired) electrons. The molecule has 6 aromatic rings. The number of carboxylic acids is 5. The van der Waals surface area contributed by atoms with Gasteiger partial charge in [-0.15, -0.1) is 5.10 Å². The first-order valence-corrected chi connectivity index (χ1v) is 47.3. The lowest BCUT2D eigenvalue weighted by Crippen LogP contribution is -2.62. The van der Waals surface area contributed by atoms with Crippen LogP contribution in [0.4, 0.5) is 11.6 Å². The second-order valence-electron chi connectivity index (χ2n) is 34.4. The number of amides is 13. The molecule has 0 unspecified atom stereocenters. The standard InChI is InChI=1S/C86H124N30O26S/c1-46(2)69(81(136)102-57(84(139)140)11-6-8-19-90-65(121)39-112-21-23-113(40-66(122)123)25-27-115(42-68(126)127)28-26-114(24-22-112)41-67(124)125)106-76(131)56(18-29-143-5)98-64(120)37-93-75(130)55-10-7-9-20-116-38-53(110-111-116)32-59(99-63(119)17-16-58(85(141)142)101-74(129)49-12-14-50(15-13-49)91-35-54-36-92-72-71(97-54)83(138)109-86(87)108-72)77(132)103-60(30-51-33-88-44-94-51)78(133)105-62(43-117)80(135)104-61(31-52-34-89-45-95-52)79(134)107-70(48(4)118)82(137)96-47(3)73(128)100-55/h12-15,33-34,36,38,44-48,55-62,69-70,91,117-118H,6-11,16-32,35,37,39-43H2,1-5H3,(H,88,94)(H,89,95)(H,90,121)(H,93,130)(H,96,137)(H,98,120)(H,99,119)(H,100,128)(H,101,129)(H,102,136)(H,103,132)(H,104,135)(H,105,133)(H,106,131)(H,107,134)(H,122,123)(H,124,125)(H,126,127)(H,139,140)(H,141,142)(H3,87,92,108,109,138)/t47-,48+,55+,56+,57+,58+,59+,60-,61-,62-,69+,70-/m1/s1. The molecule has 0 aliphatic carbocycles. The summed E-state index contributed by atoms with van der Waals surface area (Å²) in [6.07, 6.45) is 5.40. The Morgan fingerprint density at radius 1 is 0.580 bits per heavy atom. The van der Waals surface area contributed by atoms with Crippen molar-refractivity contribution >= 4 is 141 Å². The van der Waals surface area contributed by atoms with E-state index in [1.165, 1.54) is 85.1 Å². The van der Waals surface area contributed by atoms with E-state index in [0.29, 0.717) is 11.4 Å². The summed E-state index contributed by atoms with van der Waals surface area (Å²) in [5, 5.41) is 115. The molecule has 0 spiro atoms. The number of anilines is 2. The molecule has 1 saturated heterocycles. The van der Waals surface area contributed by atoms with Gasteiger partial charge in [0.2, 0.25) is 76.8 Å². The van der Waals surface area contributed by atoms with Crippen LogP contribution in [-0.4, -0.2) is 400 Å². The van der Waals surface area contributed by atoms with Gasteiger partial charge in [-0.05, 0) is 107 Å². The van der Waals surface area contributed by atoms with Crippen molar-refractivity contribution in [3.63, 3.8) is 0 Å². The number of aromatic amines is 3. The van der Waals surface area contributed by atoms with E-state index in [0.717, 1.165) is 6.92 Å². The smallest absolute Gasteiger partial charge is 0.326 e. The molecule has 143 heavy (non-hydrogen) atoms. The van der Waals surface area contributed by atoms with Crippen molar-refractivity contribution in [3.8, 4) is 0 Å². The molecule has 13 amide bonds. The van der Waals surface area contributed by atoms with Crippen molar-refractivity contribution in [1.29, 1.82) is 0 Å². The van der Waals surface area contributed by atoms with E-state index < -0.39 is 236 Å². The molecule has 1 fully saturated rings. The highest BCUT2D eigenvalue weighted by molar-refractivity contribution is 7.98. The molecule has 0 saturated carbocycles. The number of carbonyl (C=O) groups excluding carboxylic acids is 13. The average Bonchev–Trinajstić information content (AvgIpc) is 0.866. The third kappa shape index (κ3) is 38.6. The van der Waals surface area contributed by atoms with Gasteiger partial charge in [-0.2, -0.15) is 16.7 Å². The number of rotatable bonds is 42. The SMILES string of the molecule is CSCC[C@H](NC(=O)CNC(=O)[C@@H]1CCCCn2cc(nn2)C[C@H](NC(=O)CC[C@H](NC(=O)c2ccc(NCc3cnc4nc(N)[nH]c(=O)c4n3)cc2)C(=O)O)C(=O)N[C@H](Cc2cnc[nH]2)C(=O)N[C@H](CO)C(=O)N[C@H](Cc2cnc[nH]2)C(=O)N[C@H]([C@H](C)O)C(=O)N[C@H](C)C(=O)N1)C(=O)N[C@H](C(=O)N[C@@H](CCCCNC(=O)CN1CCN(CC(=O)O)CCN(CC(=O)O)CCN(CC(=O)O)CC1)C(=O)O)C(C)C. The fraction of sp³-hybridized carbons (Fsp3) is 0.558. The first-order valence-electron chi connectivity index (χ1n) is 46.0. The molecule has 2 aliphatic rings. The minimum atomic E-state index is -1.92. The minimum absolute atomic E-state index is 0.00104. The Labute approximate surface area is 821 Å². The van der Waals surface area contributed by atoms with Crippen molar-refractivity contribution in [2.75, 3.05) is 121 Å². The number of aromatic nitrogens is 11. The van der Waals surface area contributed by atoms with Gasteiger partial charge in [-0.25, -0.2) is 29.5 Å². The summed E-state index contributed by atoms with van der Waals surface area (Å²) >= 11 is 1.29. The number of nitrogen functional groups attached to an aromatic ring is 1. The second kappa shape index (κ2) is 57.2. The summed E-state index contributed by atoms with van der Waals surface area (Å²) in [6.45, 7) is 3.67. The number of carboxylic acid groups (broad SMARTS) is 5. The Balaban J connectivity index is 0.941. The van der Waals surface area contributed by atoms with Crippen molar-refractivity contribution in [3.05, 3.63) is 100 Å². The molecule has 2 aliphatic heterocycles. The number of aryl methyl sites for hydroxylation is 1. The zero-order valence-corrected chi connectivity index (χ0v) is 80.0. The number of hydrogen-bond donors (Lipinski definition) is 25. The van der Waals surface area contributed by atoms with Crippen LogP contribution in [0.1, 0.15) is 119 Å². The van der Waals surface area contributed by atoms with Crippen molar-refractivity contribution in [2.45, 2.75) is 190 Å². The molecule has 57 heteroatoms. The van der Waals surface area contributed by atoms with Crippen LogP contribution in [0.25, 0.3) is 11.2 Å². The minimum Gasteiger partial charge on any atom is -0.480 e. The number of unbranched alkanes of at least 4 members (excludes halogenated alkanes) is 1. The van der Waals surface area contributed by atoms with Gasteiger partial charge in [0.15, 0.2) is 11.2 Å². The number of fused-ring (bicyclic) bond motifs is 3. The topological polar surface area (TPSA) is 816 Å². The van der Waals surface area contributed by atoms with Crippen molar-refractivity contribution in [2.24, 2.45) is 5.92 Å². The average molecular weight is 2030 g/mol. The number of carbonyl (C=O) groups is 18. The zero-order chi connectivity index (χ0) is 105. The molecular weight excluding hydrogens is 1900 g/mol. The Kier molecular flexibility index (Phi) is 45.4. The summed E-state index contributed by atoms with van der Waals surface area (Å²) in [6, 6.07) is -12.3. The van der Waals surface area contributed by atoms with Crippen LogP contribution in [-0.2, 0) is 114 Å². The number of H-pyrrole nitrogens is 3. The molecule has 26 N–H and O–H groups in total. The predicted octanol–water partition coefficient (Wildman–Crippen LogP) is -8.57. The Morgan fingerprint density at radius 3 is 1.71 bits per heavy atom. The monoisotopic (exact) mass is 2020 g/mol. The van der Waals surface area contributed by atoms with E-state index in [2.05, 4.69) is 125 Å². The third-order valence-corrected chi connectivity index (χ3v) is 23.4. The highest BCUT2D eigenvalue weighted by Crippen LogP contribution is 2.18. The summed E-state index contributed by atoms with van der Waals surface area (Å²) in [5.74, 6) is -19.7. The highest BCUT2D eigenvalue weighted by atomic mass is 32.2. The first kappa shape index (κ1) is 113. The van der Waals surface area contributed by atoms with E-state index in [1.807, 2.05) is 0 Å². The van der Waals surface area contributed by atoms with Gasteiger partial charge in [0.05, 0.1) is 82.2 Å². The molecule has 780 valence electrons. The number of thioether (sulfide) groups is 1. The number of aliphatic carboxylic acids is 5. The van der Waals surface area contributed by atoms with Crippen LogP contribution in [0.2, 0.25) is 0 Å². The predicted molar refractivity (Wildman–Crippen MR) is 504 cm³/mol. The van der Waals surface area contributed by atoms with Gasteiger partial charge in [-0.1, -0.05) is 19.1 Å². The fourth-order valence-corrected chi connectivity index (χ4v) is 15.4. The third-order valence-electron chi connectivity index (χ3n) is 22.8. The number of nitrogens with zero attached hydrogens (tertiary/aromatic N) is 12. The van der Waals surface area contributed by atoms with Crippen LogP contribution in [0.5, 0.6) is 0 Å². The van der Waals surface area contributed by atoms with Crippen LogP contribution >= 0.6 is 11.8 Å². The molecule has 1 aromatic carbocycles. The Bertz CT molecular complexity index is 5390. The van der Waals surface area contributed by atoms with E-state index in [1.54, 1.807) is 39.7 Å². The van der Waals surface area contributed by atoms with Crippen LogP contribution in [0, 0.1) is 5.92 Å². The lowest BCUT2D eigenvalue weighted by molar-refractivity contribution is -0.143. The summed E-state index contributed by atoms with van der Waals surface area (Å²) in [7, 11) is 0. The van der Waals surface area contributed by atoms with Crippen molar-refractivity contribution in [1.82, 2.24) is 144 Å². The number of aliphatic hydroxyl groups is 2. The molecule has 12 atom stereocenters. The summed E-state index contributed by atoms with van der Waals surface area (Å²) < 4.78 is 1.31. The second-order valence-corrected chi connectivity index (χ2v) is 35.4. The molecular formula is C86H124N30O26S. The number of imidazole rings is 2. The first-order chi connectivity index (χ1) is 68.1. The quantitative estimate of drug-likeness (QED) is 0.0158. The lowest BCUT2D eigenvalue weighted by atomic mass is 10.0. The van der Waals surface area contributed by atoms with Crippen LogP contribution in [0.15, 0.2) is 66.5 Å². The Morgan fingerprint density at radius 2 is 1.15 bits per heavy atom. The van der Waals surface area contributed by atoms with Gasteiger partial charge in [-0.3, -0.25) is 111 Å². The number of hydrogen-bond acceptors (Lipinski definition) is 35. The highest BCUT2D eigenvalue weighted by Gasteiger charge is 2.39. The van der Waals surface area contributed by atoms with E-state index in [9.17, 15) is 127 Å². The number of benzene rings is 1. The van der Waals surface area contributed by atoms with Crippen LogP contribution in [0.3, 0.4) is 0 Å². The number of aliphatic hydroxyl groups excluding tert-OH is 2. The fourth-order valence-electron chi connectivity index (χ4n) is 15.0. The molecule has 8 rings (SSSR count). The van der Waals surface area contributed by atoms with E-state index in [-0.39, 0.29) is 189 Å². The van der Waals surface area contributed by atoms with Gasteiger partial charge in [0.1, 0.15) is 66.5 Å². The van der Waals surface area contributed by atoms with Gasteiger partial charge >= 0.3 is 29.8 Å². The van der Waals surface area contributed by atoms with Crippen LogP contribution < -0.4 is 85.7 Å². The maximum atomic E-state index is 14.9. The van der Waals surface area contributed by atoms with E-state index >= 15 is 0 Å². The molecule has 5 aromatic heterocycles. The Hall–Kier alpha value is -14.8. The summed E-state index contributed by atoms with van der Waals surface area (Å²) in [4.78, 5) is 292. The van der Waals surface area contributed by atoms with Gasteiger partial charge in [0, 0.05) is 132 Å². The largest absolute Gasteiger partial charge is 0.480 e. The molecule has 56 nitrogen and oxygen atoms in total. The maximum absolute atomic E-state index is 14.9. The molecule has 2 bridgehead atoms. The molecule has 7 heterocycles. The lowest BCUT2D eigenvalue weighted by Gasteiger charge is -2.32. The normalized spacial score (nSPS) is 19.7. The zero-order valence-electron chi connectivity index (χ0n) is 79.2. The maximum Gasteiger partial charge on any atom is 0.326 e. The summed E-state index contributed by atoms with van der Waals surface area (Å²) in [5.41, 5.74) is 6.27. The van der Waals surface area contributed by atoms with E-state index in [4.69, 9.17) is 5.73 Å². The van der Waals surface area contributed by atoms with Gasteiger partial charge in [0.25, 0.3) is 11.5 Å².